The van der Waals surface area contributed by atoms with Crippen LogP contribution >= 0.6 is 0 Å². The van der Waals surface area contributed by atoms with E-state index >= 15 is 0 Å². The van der Waals surface area contributed by atoms with Gasteiger partial charge in [0.2, 0.25) is 0 Å². The predicted octanol–water partition coefficient (Wildman–Crippen LogP) is 0.492. The van der Waals surface area contributed by atoms with Gasteiger partial charge in [0.1, 0.15) is 13.2 Å². The molecule has 0 aliphatic rings. The molecule has 0 radical (unpaired) electrons. The lowest BCUT2D eigenvalue weighted by atomic mass is 9.99. The summed E-state index contributed by atoms with van der Waals surface area (Å²) >= 11 is 0. The molecule has 0 aromatic heterocycles. The van der Waals surface area contributed by atoms with Gasteiger partial charge in [-0.15, -0.1) is 0 Å². The highest BCUT2D eigenvalue weighted by Gasteiger charge is 2.20. The molecule has 0 aromatic rings. The molecule has 3 N–H and O–H groups in total. The van der Waals surface area contributed by atoms with Gasteiger partial charge in [-0.3, -0.25) is 10.1 Å². The zero-order valence-electron chi connectivity index (χ0n) is 10.9. The van der Waals surface area contributed by atoms with Gasteiger partial charge < -0.3 is 15.2 Å². The molecule has 0 bridgehead atoms. The molecule has 7 nitrogen and oxygen atoms in total. The first-order valence-corrected chi connectivity index (χ1v) is 5.68. The average Bonchev–Trinajstić information content (AvgIpc) is 2.14. The van der Waals surface area contributed by atoms with E-state index in [-0.39, 0.29) is 0 Å². The first kappa shape index (κ1) is 16.4. The Balaban J connectivity index is 3.94. The highest BCUT2D eigenvalue weighted by Crippen LogP contribution is 2.09. The second kappa shape index (κ2) is 7.65. The van der Waals surface area contributed by atoms with Gasteiger partial charge in [0.05, 0.1) is 0 Å². The first-order valence-electron chi connectivity index (χ1n) is 5.68. The van der Waals surface area contributed by atoms with Crippen LogP contribution in [0.5, 0.6) is 0 Å². The fraction of sp³-hybridized carbons (Fsp3) is 0.727. The van der Waals surface area contributed by atoms with Crippen LogP contribution in [0.25, 0.3) is 0 Å². The standard InChI is InChI=1S/C11H20N2O5/c1-4-5-11(2,3)13-10(17)12-8(14)6-18-7-9(15)16/h4-7H2,1-3H3,(H,15,16)(H2,12,13,14,17). The lowest BCUT2D eigenvalue weighted by molar-refractivity contribution is -0.143. The number of carboxylic acid groups (broad SMARTS) is 1. The minimum absolute atomic E-state index is 0.402. The number of hydrogen-bond acceptors (Lipinski definition) is 4. The van der Waals surface area contributed by atoms with E-state index in [0.29, 0.717) is 0 Å². The van der Waals surface area contributed by atoms with Crippen molar-refractivity contribution in [1.29, 1.82) is 0 Å². The quantitative estimate of drug-likeness (QED) is 0.618. The molecule has 0 spiro atoms. The highest BCUT2D eigenvalue weighted by molar-refractivity contribution is 5.95. The van der Waals surface area contributed by atoms with Crippen LogP contribution in [-0.4, -0.2) is 41.8 Å². The van der Waals surface area contributed by atoms with Gasteiger partial charge in [0.25, 0.3) is 5.91 Å². The van der Waals surface area contributed by atoms with Crippen molar-refractivity contribution in [3.63, 3.8) is 0 Å². The summed E-state index contributed by atoms with van der Waals surface area (Å²) in [7, 11) is 0. The topological polar surface area (TPSA) is 105 Å². The summed E-state index contributed by atoms with van der Waals surface area (Å²) in [5, 5.41) is 13.0. The van der Waals surface area contributed by atoms with E-state index in [1.165, 1.54) is 0 Å². The summed E-state index contributed by atoms with van der Waals surface area (Å²) in [6.45, 7) is 4.65. The Bertz CT molecular complexity index is 315. The molecule has 7 heteroatoms. The van der Waals surface area contributed by atoms with E-state index in [1.54, 1.807) is 0 Å². The SMILES string of the molecule is CCCC(C)(C)NC(=O)NC(=O)COCC(=O)O. The summed E-state index contributed by atoms with van der Waals surface area (Å²) in [6.07, 6.45) is 1.69. The number of ether oxygens (including phenoxy) is 1. The zero-order valence-corrected chi connectivity index (χ0v) is 10.9. The minimum atomic E-state index is -1.17. The molecule has 0 aromatic carbocycles. The van der Waals surface area contributed by atoms with Crippen LogP contribution in [0.15, 0.2) is 0 Å². The number of nitrogens with one attached hydrogen (secondary N) is 2. The van der Waals surface area contributed by atoms with Crippen molar-refractivity contribution >= 4 is 17.9 Å². The van der Waals surface area contributed by atoms with E-state index in [2.05, 4.69) is 15.4 Å². The third-order valence-corrected chi connectivity index (χ3v) is 2.04. The lowest BCUT2D eigenvalue weighted by Gasteiger charge is -2.25. The van der Waals surface area contributed by atoms with Crippen molar-refractivity contribution in [3.8, 4) is 0 Å². The van der Waals surface area contributed by atoms with Gasteiger partial charge in [-0.25, -0.2) is 9.59 Å². The maximum Gasteiger partial charge on any atom is 0.329 e. The van der Waals surface area contributed by atoms with Crippen LogP contribution in [0.1, 0.15) is 33.6 Å². The number of urea groups is 1. The van der Waals surface area contributed by atoms with Crippen LogP contribution in [0.2, 0.25) is 0 Å². The number of carbonyl (C=O) groups is 3. The third kappa shape index (κ3) is 8.51. The molecule has 3 amide bonds. The first-order chi connectivity index (χ1) is 8.26. The number of carbonyl (C=O) groups excluding carboxylic acids is 2. The molecule has 0 atom stereocenters. The number of aliphatic carboxylic acids is 1. The van der Waals surface area contributed by atoms with Crippen molar-refractivity contribution in [2.75, 3.05) is 13.2 Å². The summed E-state index contributed by atoms with van der Waals surface area (Å²) < 4.78 is 4.54. The summed E-state index contributed by atoms with van der Waals surface area (Å²) in [5.41, 5.74) is -0.402. The van der Waals surface area contributed by atoms with E-state index in [1.807, 2.05) is 20.8 Å². The van der Waals surface area contributed by atoms with Crippen LogP contribution in [0.4, 0.5) is 4.79 Å². The molecule has 0 fully saturated rings. The van der Waals surface area contributed by atoms with Crippen LogP contribution in [0, 0.1) is 0 Å². The van der Waals surface area contributed by atoms with Crippen LogP contribution < -0.4 is 10.6 Å². The normalized spacial score (nSPS) is 10.8. The fourth-order valence-electron chi connectivity index (χ4n) is 1.42. The zero-order chi connectivity index (χ0) is 14.2. The number of imide groups is 1. The van der Waals surface area contributed by atoms with E-state index < -0.39 is 36.7 Å². The van der Waals surface area contributed by atoms with Crippen LogP contribution in [-0.2, 0) is 14.3 Å². The maximum absolute atomic E-state index is 11.4. The second-order valence-corrected chi connectivity index (χ2v) is 4.52. The number of amides is 3. The Hall–Kier alpha value is -1.63. The van der Waals surface area contributed by atoms with Gasteiger partial charge in [0.15, 0.2) is 0 Å². The molecule has 0 saturated carbocycles. The molecule has 0 aliphatic carbocycles. The minimum Gasteiger partial charge on any atom is -0.480 e. The molecular formula is C11H20N2O5. The molecule has 0 saturated heterocycles. The van der Waals surface area contributed by atoms with E-state index in [9.17, 15) is 14.4 Å². The smallest absolute Gasteiger partial charge is 0.329 e. The molecular weight excluding hydrogens is 240 g/mol. The number of hydrogen-bond donors (Lipinski definition) is 3. The average molecular weight is 260 g/mol. The fourth-order valence-corrected chi connectivity index (χ4v) is 1.42. The molecule has 18 heavy (non-hydrogen) atoms. The molecule has 0 heterocycles. The molecule has 0 rings (SSSR count). The number of carboxylic acids is 1. The van der Waals surface area contributed by atoms with Crippen molar-refractivity contribution < 1.29 is 24.2 Å². The summed E-state index contributed by atoms with van der Waals surface area (Å²) in [5.74, 6) is -1.85. The van der Waals surface area contributed by atoms with Gasteiger partial charge >= 0.3 is 12.0 Å². The maximum atomic E-state index is 11.4. The Labute approximate surface area is 106 Å². The Kier molecular flexibility index (Phi) is 6.96. The van der Waals surface area contributed by atoms with E-state index in [4.69, 9.17) is 5.11 Å². The monoisotopic (exact) mass is 260 g/mol. The predicted molar refractivity (Wildman–Crippen MR) is 64.1 cm³/mol. The molecule has 0 aliphatic heterocycles. The molecule has 0 unspecified atom stereocenters. The lowest BCUT2D eigenvalue weighted by Crippen LogP contribution is -2.50. The van der Waals surface area contributed by atoms with E-state index in [0.717, 1.165) is 12.8 Å². The van der Waals surface area contributed by atoms with Crippen molar-refractivity contribution in [2.24, 2.45) is 0 Å². The highest BCUT2D eigenvalue weighted by atomic mass is 16.5. The third-order valence-electron chi connectivity index (χ3n) is 2.04. The van der Waals surface area contributed by atoms with Crippen LogP contribution in [0.3, 0.4) is 0 Å². The van der Waals surface area contributed by atoms with Crippen molar-refractivity contribution in [3.05, 3.63) is 0 Å². The van der Waals surface area contributed by atoms with Gasteiger partial charge in [-0.2, -0.15) is 0 Å². The van der Waals surface area contributed by atoms with Crippen molar-refractivity contribution in [1.82, 2.24) is 10.6 Å². The Morgan fingerprint density at radius 2 is 1.83 bits per heavy atom. The Morgan fingerprint density at radius 1 is 1.22 bits per heavy atom. The van der Waals surface area contributed by atoms with Crippen molar-refractivity contribution in [2.45, 2.75) is 39.2 Å². The summed E-state index contributed by atoms with van der Waals surface area (Å²) in [4.78, 5) is 32.7. The Morgan fingerprint density at radius 3 is 2.33 bits per heavy atom. The number of rotatable bonds is 7. The van der Waals surface area contributed by atoms with Gasteiger partial charge in [-0.05, 0) is 20.3 Å². The largest absolute Gasteiger partial charge is 0.480 e. The second-order valence-electron chi connectivity index (χ2n) is 4.52. The van der Waals surface area contributed by atoms with Gasteiger partial charge in [-0.1, -0.05) is 13.3 Å². The molecule has 104 valence electrons. The summed E-state index contributed by atoms with van der Waals surface area (Å²) in [6, 6.07) is -0.614. The van der Waals surface area contributed by atoms with Gasteiger partial charge in [0, 0.05) is 5.54 Å².